The summed E-state index contributed by atoms with van der Waals surface area (Å²) in [5, 5.41) is 0. The van der Waals surface area contributed by atoms with Gasteiger partial charge in [0.25, 0.3) is 0 Å². The molecule has 32 valence electrons. The van der Waals surface area contributed by atoms with E-state index >= 15 is 0 Å². The molecule has 0 unspecified atom stereocenters. The minimum atomic E-state index is -0.480. The molecule has 0 aromatic heterocycles. The molecule has 2 radical (unpaired) electrons. The molecule has 0 aromatic carbocycles. The average Bonchev–Trinajstić information content (AvgIpc) is 1.38. The smallest absolute Gasteiger partial charge is 0.321 e. The molecule has 0 rings (SSSR count). The molecule has 0 atom stereocenters. The van der Waals surface area contributed by atoms with Gasteiger partial charge >= 0.3 is 5.97 Å². The summed E-state index contributed by atoms with van der Waals surface area (Å²) in [5.41, 5.74) is 0. The molecule has 0 aliphatic carbocycles. The first-order chi connectivity index (χ1) is 2.27. The Bertz CT molecular complexity index is 46.8. The third kappa shape index (κ3) is 8.89. The first-order valence-electron chi connectivity index (χ1n) is 1.06. The maximum Gasteiger partial charge on any atom is 0.321 e. The Morgan fingerprint density at radius 1 is 1.83 bits per heavy atom. The van der Waals surface area contributed by atoms with E-state index in [1.54, 1.807) is 0 Å². The number of rotatable bonds is 0. The van der Waals surface area contributed by atoms with Crippen molar-refractivity contribution in [3.63, 3.8) is 0 Å². The van der Waals surface area contributed by atoms with Gasteiger partial charge in [0, 0.05) is 44.7 Å². The molecule has 6 heavy (non-hydrogen) atoms. The molecule has 0 spiro atoms. The van der Waals surface area contributed by atoms with E-state index in [0.29, 0.717) is 0 Å². The normalized spacial score (nSPS) is 5.67. The zero-order chi connectivity index (χ0) is 4.28. The van der Waals surface area contributed by atoms with Crippen molar-refractivity contribution in [2.24, 2.45) is 0 Å². The van der Waals surface area contributed by atoms with Crippen LogP contribution in [0.25, 0.3) is 0 Å². The van der Waals surface area contributed by atoms with Crippen molar-refractivity contribution >= 4 is 55.6 Å². The second-order valence-corrected chi connectivity index (χ2v) is 0.723. The first kappa shape index (κ1) is 10.1. The second kappa shape index (κ2) is 6.02. The summed E-state index contributed by atoms with van der Waals surface area (Å²) in [6.45, 7) is 1.23. The van der Waals surface area contributed by atoms with Crippen LogP contribution in [0.4, 0.5) is 0 Å². The minimum Gasteiger partial charge on any atom is -0.348 e. The van der Waals surface area contributed by atoms with Crippen LogP contribution >= 0.6 is 11.9 Å². The standard InChI is InChI=1S/C2H3ClO2.Ca/c1-2(4)5-3;/h1H3;. The summed E-state index contributed by atoms with van der Waals surface area (Å²) in [4.78, 5) is 9.46. The van der Waals surface area contributed by atoms with E-state index in [0.717, 1.165) is 0 Å². The Morgan fingerprint density at radius 2 is 2.00 bits per heavy atom. The zero-order valence-corrected chi connectivity index (χ0v) is 6.37. The predicted octanol–water partition coefficient (Wildman–Crippen LogP) is 0.322. The maximum absolute atomic E-state index is 9.46. The molecule has 2 nitrogen and oxygen atoms in total. The number of hydrogen-bond acceptors (Lipinski definition) is 2. The van der Waals surface area contributed by atoms with E-state index in [1.807, 2.05) is 0 Å². The summed E-state index contributed by atoms with van der Waals surface area (Å²) in [5.74, 6) is -0.480. The Balaban J connectivity index is 0. The minimum absolute atomic E-state index is 0. The van der Waals surface area contributed by atoms with Crippen molar-refractivity contribution in [2.45, 2.75) is 6.92 Å². The second-order valence-electron chi connectivity index (χ2n) is 0.569. The first-order valence-corrected chi connectivity index (χ1v) is 1.37. The zero-order valence-electron chi connectivity index (χ0n) is 3.40. The van der Waals surface area contributed by atoms with Crippen LogP contribution in [0.5, 0.6) is 0 Å². The molecular weight excluding hydrogens is 132 g/mol. The van der Waals surface area contributed by atoms with Gasteiger partial charge in [0.05, 0.1) is 0 Å². The molecule has 0 saturated heterocycles. The van der Waals surface area contributed by atoms with Crippen LogP contribution in [0.3, 0.4) is 0 Å². The van der Waals surface area contributed by atoms with Gasteiger partial charge in [-0.2, -0.15) is 0 Å². The van der Waals surface area contributed by atoms with E-state index in [9.17, 15) is 4.79 Å². The van der Waals surface area contributed by atoms with Crippen molar-refractivity contribution in [2.75, 3.05) is 0 Å². The number of carbonyl (C=O) groups excluding carboxylic acids is 1. The van der Waals surface area contributed by atoms with Crippen LogP contribution in [0.15, 0.2) is 0 Å². The summed E-state index contributed by atoms with van der Waals surface area (Å²) in [7, 11) is 0. The summed E-state index contributed by atoms with van der Waals surface area (Å²) >= 11 is 4.49. The van der Waals surface area contributed by atoms with Crippen LogP contribution in [-0.2, 0) is 9.08 Å². The van der Waals surface area contributed by atoms with Crippen LogP contribution in [0.1, 0.15) is 6.92 Å². The summed E-state index contributed by atoms with van der Waals surface area (Å²) < 4.78 is 3.58. The van der Waals surface area contributed by atoms with Crippen molar-refractivity contribution < 1.29 is 9.08 Å². The van der Waals surface area contributed by atoms with E-state index < -0.39 is 5.97 Å². The van der Waals surface area contributed by atoms with Gasteiger partial charge in [-0.25, -0.2) is 0 Å². The van der Waals surface area contributed by atoms with E-state index in [2.05, 4.69) is 16.2 Å². The van der Waals surface area contributed by atoms with Crippen LogP contribution in [-0.4, -0.2) is 43.7 Å². The molecule has 0 aromatic rings. The van der Waals surface area contributed by atoms with Gasteiger partial charge in [-0.1, -0.05) is 0 Å². The Kier molecular flexibility index (Phi) is 10.1. The quantitative estimate of drug-likeness (QED) is 0.446. The van der Waals surface area contributed by atoms with Crippen molar-refractivity contribution in [3.8, 4) is 0 Å². The van der Waals surface area contributed by atoms with Gasteiger partial charge in [-0.05, 0) is 0 Å². The fraction of sp³-hybridized carbons (Fsp3) is 0.500. The SMILES string of the molecule is CC(=O)OCl.[Ca]. The number of hydrogen-bond donors (Lipinski definition) is 0. The van der Waals surface area contributed by atoms with Gasteiger partial charge in [0.2, 0.25) is 0 Å². The number of carbonyl (C=O) groups is 1. The van der Waals surface area contributed by atoms with Gasteiger partial charge in [0.1, 0.15) is 11.9 Å². The molecule has 0 N–H and O–H groups in total. The van der Waals surface area contributed by atoms with Crippen LogP contribution < -0.4 is 0 Å². The van der Waals surface area contributed by atoms with Crippen molar-refractivity contribution in [1.82, 2.24) is 0 Å². The topological polar surface area (TPSA) is 26.3 Å². The molecule has 0 aliphatic heterocycles. The van der Waals surface area contributed by atoms with Gasteiger partial charge in [-0.3, -0.25) is 4.79 Å². The third-order valence-electron chi connectivity index (χ3n) is 0.109. The van der Waals surface area contributed by atoms with E-state index in [1.165, 1.54) is 6.92 Å². The molecule has 0 saturated carbocycles. The fourth-order valence-corrected chi connectivity index (χ4v) is 0. The average molecular weight is 135 g/mol. The fourth-order valence-electron chi connectivity index (χ4n) is 0. The summed E-state index contributed by atoms with van der Waals surface area (Å²) in [6, 6.07) is 0. The van der Waals surface area contributed by atoms with Gasteiger partial charge in [0.15, 0.2) is 0 Å². The van der Waals surface area contributed by atoms with Crippen molar-refractivity contribution in [1.29, 1.82) is 0 Å². The molecule has 0 heterocycles. The molecule has 0 aliphatic rings. The van der Waals surface area contributed by atoms with Crippen LogP contribution in [0, 0.1) is 0 Å². The molecule has 0 bridgehead atoms. The van der Waals surface area contributed by atoms with Gasteiger partial charge < -0.3 is 4.29 Å². The third-order valence-corrected chi connectivity index (χ3v) is 0.326. The summed E-state index contributed by atoms with van der Waals surface area (Å²) in [6.07, 6.45) is 0. The number of halogens is 1. The van der Waals surface area contributed by atoms with Crippen molar-refractivity contribution in [3.05, 3.63) is 0 Å². The Hall–Kier alpha value is 1.02. The molecule has 0 fully saturated rings. The van der Waals surface area contributed by atoms with Gasteiger partial charge in [-0.15, -0.1) is 0 Å². The maximum atomic E-state index is 9.46. The Morgan fingerprint density at radius 3 is 2.00 bits per heavy atom. The molecular formula is C2H3CaClO2. The van der Waals surface area contributed by atoms with Crippen LogP contribution in [0.2, 0.25) is 0 Å². The predicted molar refractivity (Wildman–Crippen MR) is 23.4 cm³/mol. The molecule has 0 amide bonds. The monoisotopic (exact) mass is 134 g/mol. The Labute approximate surface area is 71.0 Å². The largest absolute Gasteiger partial charge is 0.348 e. The van der Waals surface area contributed by atoms with E-state index in [4.69, 9.17) is 0 Å². The molecule has 4 heteroatoms. The van der Waals surface area contributed by atoms with E-state index in [-0.39, 0.29) is 37.7 Å².